The van der Waals surface area contributed by atoms with E-state index in [4.69, 9.17) is 5.26 Å². The van der Waals surface area contributed by atoms with E-state index >= 15 is 0 Å². The summed E-state index contributed by atoms with van der Waals surface area (Å²) in [6.07, 6.45) is 1.85. The van der Waals surface area contributed by atoms with Crippen LogP contribution in [0.15, 0.2) is 18.2 Å². The van der Waals surface area contributed by atoms with Crippen molar-refractivity contribution in [3.63, 3.8) is 0 Å². The van der Waals surface area contributed by atoms with E-state index in [2.05, 4.69) is 11.6 Å². The number of benzene rings is 1. The molecule has 0 amide bonds. The monoisotopic (exact) mass is 314 g/mol. The molecule has 0 radical (unpaired) electrons. The minimum absolute atomic E-state index is 0.0526. The third-order valence-corrected chi connectivity index (χ3v) is 4.97. The van der Waals surface area contributed by atoms with Crippen molar-refractivity contribution in [2.75, 3.05) is 11.6 Å². The van der Waals surface area contributed by atoms with E-state index in [0.29, 0.717) is 10.9 Å². The molecule has 0 heterocycles. The Bertz CT molecular complexity index is 529. The zero-order valence-corrected chi connectivity index (χ0v) is 12.5. The van der Waals surface area contributed by atoms with E-state index in [0.717, 1.165) is 37.8 Å². The molecule has 1 saturated carbocycles. The van der Waals surface area contributed by atoms with Crippen molar-refractivity contribution in [2.24, 2.45) is 0 Å². The molecule has 0 atom stereocenters. The predicted molar refractivity (Wildman–Crippen MR) is 79.3 cm³/mol. The maximum atomic E-state index is 12.6. The lowest BCUT2D eigenvalue weighted by Gasteiger charge is -2.29. The lowest BCUT2D eigenvalue weighted by molar-refractivity contribution is -0.137. The van der Waals surface area contributed by atoms with Gasteiger partial charge in [0.2, 0.25) is 0 Å². The number of thioether (sulfide) groups is 1. The summed E-state index contributed by atoms with van der Waals surface area (Å²) < 4.78 is 37.9. The first kappa shape index (κ1) is 16.0. The highest BCUT2D eigenvalue weighted by Gasteiger charge is 2.31. The highest BCUT2D eigenvalue weighted by atomic mass is 32.2. The van der Waals surface area contributed by atoms with Gasteiger partial charge >= 0.3 is 6.18 Å². The molecule has 1 aliphatic rings. The summed E-state index contributed by atoms with van der Waals surface area (Å²) in [5, 5.41) is 13.0. The van der Waals surface area contributed by atoms with Gasteiger partial charge in [0, 0.05) is 11.3 Å². The Balaban J connectivity index is 2.09. The molecule has 2 rings (SSSR count). The van der Waals surface area contributed by atoms with Gasteiger partial charge in [-0.3, -0.25) is 0 Å². The molecule has 0 unspecified atom stereocenters. The molecule has 1 aromatic carbocycles. The lowest BCUT2D eigenvalue weighted by Crippen LogP contribution is -2.27. The lowest BCUT2D eigenvalue weighted by atomic mass is 9.94. The van der Waals surface area contributed by atoms with Crippen molar-refractivity contribution in [2.45, 2.75) is 43.2 Å². The third-order valence-electron chi connectivity index (χ3n) is 3.83. The van der Waals surface area contributed by atoms with E-state index in [1.165, 1.54) is 6.07 Å². The van der Waals surface area contributed by atoms with Gasteiger partial charge in [-0.25, -0.2) is 0 Å². The van der Waals surface area contributed by atoms with Crippen molar-refractivity contribution >= 4 is 17.4 Å². The van der Waals surface area contributed by atoms with E-state index in [-0.39, 0.29) is 11.6 Å². The summed E-state index contributed by atoms with van der Waals surface area (Å²) in [4.78, 5) is 0. The Kier molecular flexibility index (Phi) is 5.04. The fraction of sp³-hybridized carbons (Fsp3) is 0.533. The second-order valence-electron chi connectivity index (χ2n) is 5.22. The van der Waals surface area contributed by atoms with E-state index < -0.39 is 11.7 Å². The highest BCUT2D eigenvalue weighted by molar-refractivity contribution is 7.99. The van der Waals surface area contributed by atoms with Crippen molar-refractivity contribution in [3.05, 3.63) is 29.3 Å². The molecule has 21 heavy (non-hydrogen) atoms. The fourth-order valence-corrected chi connectivity index (χ4v) is 3.35. The van der Waals surface area contributed by atoms with Gasteiger partial charge in [0.25, 0.3) is 0 Å². The van der Waals surface area contributed by atoms with Crippen LogP contribution in [0.1, 0.15) is 36.8 Å². The zero-order valence-electron chi connectivity index (χ0n) is 11.7. The van der Waals surface area contributed by atoms with Crippen molar-refractivity contribution in [3.8, 4) is 6.07 Å². The van der Waals surface area contributed by atoms with Gasteiger partial charge in [-0.2, -0.15) is 30.2 Å². The summed E-state index contributed by atoms with van der Waals surface area (Å²) in [5.74, 6) is 0. The molecule has 2 nitrogen and oxygen atoms in total. The molecule has 6 heteroatoms. The second kappa shape index (κ2) is 6.61. The third kappa shape index (κ3) is 4.07. The van der Waals surface area contributed by atoms with Crippen molar-refractivity contribution in [1.82, 2.24) is 0 Å². The number of nitrogens with zero attached hydrogens (tertiary/aromatic N) is 1. The number of halogens is 3. The average Bonchev–Trinajstić information content (AvgIpc) is 2.47. The van der Waals surface area contributed by atoms with Crippen LogP contribution in [0.3, 0.4) is 0 Å². The Morgan fingerprint density at radius 1 is 1.24 bits per heavy atom. The first-order valence-electron chi connectivity index (χ1n) is 6.84. The number of nitrogens with one attached hydrogen (secondary N) is 1. The molecule has 0 aliphatic heterocycles. The number of rotatable bonds is 3. The average molecular weight is 314 g/mol. The van der Waals surface area contributed by atoms with Gasteiger partial charge in [-0.1, -0.05) is 0 Å². The quantitative estimate of drug-likeness (QED) is 0.881. The molecular weight excluding hydrogens is 297 g/mol. The Hall–Kier alpha value is -1.35. The number of anilines is 1. The molecule has 0 bridgehead atoms. The summed E-state index contributed by atoms with van der Waals surface area (Å²) >= 11 is 1.86. The maximum Gasteiger partial charge on any atom is 0.416 e. The largest absolute Gasteiger partial charge is 0.416 e. The molecule has 114 valence electrons. The van der Waals surface area contributed by atoms with E-state index in [1.54, 1.807) is 0 Å². The maximum absolute atomic E-state index is 12.6. The summed E-state index contributed by atoms with van der Waals surface area (Å²) in [5.41, 5.74) is -0.231. The van der Waals surface area contributed by atoms with Crippen LogP contribution in [0.25, 0.3) is 0 Å². The second-order valence-corrected chi connectivity index (χ2v) is 6.36. The Morgan fingerprint density at radius 3 is 2.43 bits per heavy atom. The first-order chi connectivity index (χ1) is 9.94. The SMILES string of the molecule is CSC1CCC(Nc2ccc(C(F)(F)F)cc2C#N)CC1. The van der Waals surface area contributed by atoms with Crippen LogP contribution in [0.5, 0.6) is 0 Å². The molecule has 1 aromatic rings. The molecule has 1 fully saturated rings. The highest BCUT2D eigenvalue weighted by Crippen LogP contribution is 2.33. The first-order valence-corrected chi connectivity index (χ1v) is 8.13. The van der Waals surface area contributed by atoms with Crippen LogP contribution < -0.4 is 5.32 Å². The van der Waals surface area contributed by atoms with Gasteiger partial charge in [-0.15, -0.1) is 0 Å². The van der Waals surface area contributed by atoms with Crippen LogP contribution >= 0.6 is 11.8 Å². The van der Waals surface area contributed by atoms with E-state index in [1.807, 2.05) is 17.8 Å². The molecule has 0 saturated heterocycles. The van der Waals surface area contributed by atoms with Gasteiger partial charge in [0.05, 0.1) is 16.8 Å². The minimum Gasteiger partial charge on any atom is -0.381 e. The number of alkyl halides is 3. The normalized spacial score (nSPS) is 22.6. The van der Waals surface area contributed by atoms with Gasteiger partial charge in [0.1, 0.15) is 6.07 Å². The molecule has 1 aliphatic carbocycles. The standard InChI is InChI=1S/C15H17F3N2S/c1-21-13-5-3-12(4-6-13)20-14-7-2-11(15(16,17)18)8-10(14)9-19/h2,7-8,12-13,20H,3-6H2,1H3. The zero-order chi connectivity index (χ0) is 15.5. The van der Waals surface area contributed by atoms with Crippen LogP contribution in [0, 0.1) is 11.3 Å². The van der Waals surface area contributed by atoms with Gasteiger partial charge < -0.3 is 5.32 Å². The molecule has 0 aromatic heterocycles. The fourth-order valence-electron chi connectivity index (χ4n) is 2.60. The molecule has 0 spiro atoms. The smallest absolute Gasteiger partial charge is 0.381 e. The number of hydrogen-bond donors (Lipinski definition) is 1. The van der Waals surface area contributed by atoms with Gasteiger partial charge in [-0.05, 0) is 50.1 Å². The van der Waals surface area contributed by atoms with Crippen LogP contribution in [-0.4, -0.2) is 17.5 Å². The summed E-state index contributed by atoms with van der Waals surface area (Å²) in [6, 6.07) is 5.38. The predicted octanol–water partition coefficient (Wildman–Crippen LogP) is 4.66. The number of nitriles is 1. The minimum atomic E-state index is -4.42. The van der Waals surface area contributed by atoms with E-state index in [9.17, 15) is 13.2 Å². The topological polar surface area (TPSA) is 35.8 Å². The Morgan fingerprint density at radius 2 is 1.90 bits per heavy atom. The van der Waals surface area contributed by atoms with Crippen molar-refractivity contribution < 1.29 is 13.2 Å². The van der Waals surface area contributed by atoms with Crippen LogP contribution in [0.2, 0.25) is 0 Å². The Labute approximate surface area is 126 Å². The van der Waals surface area contributed by atoms with Crippen LogP contribution in [0.4, 0.5) is 18.9 Å². The number of hydrogen-bond acceptors (Lipinski definition) is 3. The molecule has 1 N–H and O–H groups in total. The van der Waals surface area contributed by atoms with Crippen molar-refractivity contribution in [1.29, 1.82) is 5.26 Å². The van der Waals surface area contributed by atoms with Gasteiger partial charge in [0.15, 0.2) is 0 Å². The molecular formula is C15H17F3N2S. The summed E-state index contributed by atoms with van der Waals surface area (Å²) in [7, 11) is 0. The summed E-state index contributed by atoms with van der Waals surface area (Å²) in [6.45, 7) is 0. The van der Waals surface area contributed by atoms with Crippen LogP contribution in [-0.2, 0) is 6.18 Å².